The van der Waals surface area contributed by atoms with Crippen LogP contribution in [0.15, 0.2) is 10.6 Å². The van der Waals surface area contributed by atoms with Gasteiger partial charge in [-0.3, -0.25) is 4.90 Å². The van der Waals surface area contributed by atoms with E-state index in [1.165, 1.54) is 0 Å². The Labute approximate surface area is 80.2 Å². The van der Waals surface area contributed by atoms with Crippen LogP contribution in [0.25, 0.3) is 0 Å². The first-order valence-corrected chi connectivity index (χ1v) is 4.82. The summed E-state index contributed by atoms with van der Waals surface area (Å²) in [5.74, 6) is 0. The lowest BCUT2D eigenvalue weighted by atomic mass is 10.2. The van der Waals surface area contributed by atoms with Crippen molar-refractivity contribution in [2.75, 3.05) is 26.3 Å². The van der Waals surface area contributed by atoms with Gasteiger partial charge in [-0.1, -0.05) is 22.0 Å². The second-order valence-electron chi connectivity index (χ2n) is 2.98. The van der Waals surface area contributed by atoms with Gasteiger partial charge in [0.15, 0.2) is 0 Å². The summed E-state index contributed by atoms with van der Waals surface area (Å²) in [6, 6.07) is 0. The first-order chi connectivity index (χ1) is 5.72. The van der Waals surface area contributed by atoms with Crippen LogP contribution in [0.4, 0.5) is 4.39 Å². The predicted molar refractivity (Wildman–Crippen MR) is 50.0 cm³/mol. The summed E-state index contributed by atoms with van der Waals surface area (Å²) < 4.78 is 13.1. The average molecular weight is 238 g/mol. The molecule has 0 amide bonds. The highest BCUT2D eigenvalue weighted by Gasteiger charge is 2.14. The number of aliphatic hydroxyl groups is 1. The smallest absolute Gasteiger partial charge is 0.117 e. The highest BCUT2D eigenvalue weighted by atomic mass is 79.9. The van der Waals surface area contributed by atoms with Crippen molar-refractivity contribution in [1.82, 2.24) is 4.90 Å². The molecule has 0 fully saturated rings. The van der Waals surface area contributed by atoms with Crippen LogP contribution in [-0.2, 0) is 0 Å². The number of β-amino-alcohol motifs (C(OH)–C–C–N with tert-alkyl or cyclic N) is 1. The summed E-state index contributed by atoms with van der Waals surface area (Å²) in [4.78, 5) is 2.04. The van der Waals surface area contributed by atoms with E-state index >= 15 is 0 Å². The number of hydrogen-bond acceptors (Lipinski definition) is 2. The molecule has 1 heterocycles. The van der Waals surface area contributed by atoms with Gasteiger partial charge in [0.2, 0.25) is 0 Å². The molecule has 4 heteroatoms. The maximum Gasteiger partial charge on any atom is 0.117 e. The van der Waals surface area contributed by atoms with E-state index in [1.807, 2.05) is 4.90 Å². The monoisotopic (exact) mass is 237 g/mol. The second-order valence-corrected chi connectivity index (χ2v) is 4.00. The van der Waals surface area contributed by atoms with Gasteiger partial charge in [0.1, 0.15) is 6.67 Å². The number of aliphatic hydroxyl groups excluding tert-OH is 1. The molecule has 0 aromatic carbocycles. The van der Waals surface area contributed by atoms with E-state index < -0.39 is 12.8 Å². The quantitative estimate of drug-likeness (QED) is 0.801. The van der Waals surface area contributed by atoms with E-state index in [1.54, 1.807) is 0 Å². The number of halogens is 2. The third-order valence-corrected chi connectivity index (χ3v) is 2.41. The molecule has 1 rings (SSSR count). The van der Waals surface area contributed by atoms with Crippen LogP contribution in [0.2, 0.25) is 0 Å². The van der Waals surface area contributed by atoms with Crippen molar-refractivity contribution in [2.45, 2.75) is 12.5 Å². The Kier molecular flexibility index (Phi) is 4.18. The van der Waals surface area contributed by atoms with Crippen molar-refractivity contribution >= 4 is 15.9 Å². The molecule has 0 spiro atoms. The molecule has 2 nitrogen and oxygen atoms in total. The fourth-order valence-electron chi connectivity index (χ4n) is 1.26. The second kappa shape index (κ2) is 4.94. The predicted octanol–water partition coefficient (Wildman–Crippen LogP) is 1.30. The highest BCUT2D eigenvalue weighted by molar-refractivity contribution is 9.11. The van der Waals surface area contributed by atoms with Gasteiger partial charge in [0.25, 0.3) is 0 Å². The zero-order chi connectivity index (χ0) is 8.97. The van der Waals surface area contributed by atoms with Crippen LogP contribution in [0, 0.1) is 0 Å². The average Bonchev–Trinajstić information content (AvgIpc) is 2.04. The van der Waals surface area contributed by atoms with Crippen LogP contribution in [-0.4, -0.2) is 42.4 Å². The van der Waals surface area contributed by atoms with Gasteiger partial charge in [-0.25, -0.2) is 4.39 Å². The molecule has 1 aliphatic heterocycles. The van der Waals surface area contributed by atoms with Gasteiger partial charge in [-0.05, 0) is 6.42 Å². The molecule has 0 aliphatic carbocycles. The lowest BCUT2D eigenvalue weighted by molar-refractivity contribution is 0.0934. The molecular weight excluding hydrogens is 225 g/mol. The van der Waals surface area contributed by atoms with E-state index in [4.69, 9.17) is 5.11 Å². The highest BCUT2D eigenvalue weighted by Crippen LogP contribution is 2.14. The molecule has 0 bridgehead atoms. The van der Waals surface area contributed by atoms with E-state index in [9.17, 15) is 4.39 Å². The molecule has 12 heavy (non-hydrogen) atoms. The molecule has 0 radical (unpaired) electrons. The van der Waals surface area contributed by atoms with Crippen LogP contribution in [0.1, 0.15) is 6.42 Å². The lowest BCUT2D eigenvalue weighted by Gasteiger charge is -2.26. The van der Waals surface area contributed by atoms with Crippen molar-refractivity contribution in [2.24, 2.45) is 0 Å². The van der Waals surface area contributed by atoms with Crippen molar-refractivity contribution in [3.8, 4) is 0 Å². The maximum atomic E-state index is 11.9. The normalized spacial score (nSPS) is 22.1. The fourth-order valence-corrected chi connectivity index (χ4v) is 1.85. The van der Waals surface area contributed by atoms with Gasteiger partial charge in [0.05, 0.1) is 6.10 Å². The lowest BCUT2D eigenvalue weighted by Crippen LogP contribution is -2.36. The SMILES string of the molecule is OC(CF)CN1CCC=C(Br)C1. The van der Waals surface area contributed by atoms with Crippen molar-refractivity contribution in [3.05, 3.63) is 10.6 Å². The standard InChI is InChI=1S/C8H13BrFNO/c9-7-2-1-3-11(5-7)6-8(12)4-10/h2,8,12H,1,3-6H2. The molecule has 0 aromatic heterocycles. The van der Waals surface area contributed by atoms with Crippen LogP contribution in [0.5, 0.6) is 0 Å². The Morgan fingerprint density at radius 2 is 2.50 bits per heavy atom. The number of alkyl halides is 1. The molecule has 0 aromatic rings. The molecular formula is C8H13BrFNO. The third kappa shape index (κ3) is 3.21. The van der Waals surface area contributed by atoms with Gasteiger partial charge < -0.3 is 5.11 Å². The third-order valence-electron chi connectivity index (χ3n) is 1.83. The van der Waals surface area contributed by atoms with Crippen molar-refractivity contribution in [1.29, 1.82) is 0 Å². The van der Waals surface area contributed by atoms with Gasteiger partial charge >= 0.3 is 0 Å². The Hall–Kier alpha value is 0.0700. The van der Waals surface area contributed by atoms with Crippen LogP contribution in [0.3, 0.4) is 0 Å². The minimum atomic E-state index is -0.830. The minimum Gasteiger partial charge on any atom is -0.389 e. The van der Waals surface area contributed by atoms with Crippen molar-refractivity contribution in [3.63, 3.8) is 0 Å². The van der Waals surface area contributed by atoms with Gasteiger partial charge in [-0.15, -0.1) is 0 Å². The first-order valence-electron chi connectivity index (χ1n) is 4.03. The van der Waals surface area contributed by atoms with E-state index in [-0.39, 0.29) is 0 Å². The summed E-state index contributed by atoms with van der Waals surface area (Å²) in [7, 11) is 0. The molecule has 0 saturated carbocycles. The number of nitrogens with zero attached hydrogens (tertiary/aromatic N) is 1. The van der Waals surface area contributed by atoms with Crippen molar-refractivity contribution < 1.29 is 9.50 Å². The Bertz CT molecular complexity index is 174. The fraction of sp³-hybridized carbons (Fsp3) is 0.750. The molecule has 1 unspecified atom stereocenters. The Balaban J connectivity index is 2.30. The zero-order valence-electron chi connectivity index (χ0n) is 6.84. The summed E-state index contributed by atoms with van der Waals surface area (Å²) in [5, 5.41) is 9.04. The molecule has 1 aliphatic rings. The molecule has 1 atom stereocenters. The molecule has 0 saturated heterocycles. The van der Waals surface area contributed by atoms with E-state index in [0.717, 1.165) is 24.0 Å². The van der Waals surface area contributed by atoms with Crippen LogP contribution >= 0.6 is 15.9 Å². The van der Waals surface area contributed by atoms with E-state index in [0.29, 0.717) is 6.54 Å². The Morgan fingerprint density at radius 3 is 3.08 bits per heavy atom. The van der Waals surface area contributed by atoms with Gasteiger partial charge in [0, 0.05) is 24.1 Å². The van der Waals surface area contributed by atoms with E-state index in [2.05, 4.69) is 22.0 Å². The number of hydrogen-bond donors (Lipinski definition) is 1. The minimum absolute atomic E-state index is 0.430. The summed E-state index contributed by atoms with van der Waals surface area (Å²) in [6.45, 7) is 1.47. The zero-order valence-corrected chi connectivity index (χ0v) is 8.43. The van der Waals surface area contributed by atoms with Gasteiger partial charge in [-0.2, -0.15) is 0 Å². The molecule has 1 N–H and O–H groups in total. The largest absolute Gasteiger partial charge is 0.389 e. The maximum absolute atomic E-state index is 11.9. The van der Waals surface area contributed by atoms with Crippen LogP contribution < -0.4 is 0 Å². The first kappa shape index (κ1) is 10.2. The summed E-state index contributed by atoms with van der Waals surface area (Å²) >= 11 is 3.38. The topological polar surface area (TPSA) is 23.5 Å². The summed E-state index contributed by atoms with van der Waals surface area (Å²) in [6.07, 6.45) is 2.25. The molecule has 70 valence electrons. The summed E-state index contributed by atoms with van der Waals surface area (Å²) in [5.41, 5.74) is 0. The number of rotatable bonds is 3. The Morgan fingerprint density at radius 1 is 1.75 bits per heavy atom.